The minimum absolute atomic E-state index is 0.213. The van der Waals surface area contributed by atoms with Crippen LogP contribution in [-0.2, 0) is 20.7 Å². The zero-order chi connectivity index (χ0) is 20.1. The van der Waals surface area contributed by atoms with Crippen molar-refractivity contribution in [2.24, 2.45) is 5.92 Å². The van der Waals surface area contributed by atoms with Gasteiger partial charge in [-0.3, -0.25) is 9.59 Å². The van der Waals surface area contributed by atoms with E-state index in [1.54, 1.807) is 20.1 Å². The molecule has 1 aliphatic rings. The predicted octanol–water partition coefficient (Wildman–Crippen LogP) is 4.58. The molecule has 3 rings (SSSR count). The maximum absolute atomic E-state index is 13.0. The number of ketones is 1. The van der Waals surface area contributed by atoms with Crippen LogP contribution in [0.15, 0.2) is 54.6 Å². The number of methoxy groups -OCH3 is 1. The van der Waals surface area contributed by atoms with Gasteiger partial charge < -0.3 is 9.47 Å². The zero-order valence-electron chi connectivity index (χ0n) is 16.6. The summed E-state index contributed by atoms with van der Waals surface area (Å²) in [6, 6.07) is 15.8. The molecule has 0 N–H and O–H groups in total. The molecule has 146 valence electrons. The molecule has 0 bridgehead atoms. The Balaban J connectivity index is 2.04. The number of aryl methyl sites for hydroxylation is 1. The van der Waals surface area contributed by atoms with E-state index in [9.17, 15) is 9.59 Å². The minimum atomic E-state index is -0.852. The van der Waals surface area contributed by atoms with Crippen LogP contribution in [0.3, 0.4) is 0 Å². The number of benzene rings is 2. The first-order valence-electron chi connectivity index (χ1n) is 9.72. The lowest BCUT2D eigenvalue weighted by Crippen LogP contribution is -2.34. The van der Waals surface area contributed by atoms with Gasteiger partial charge in [0.05, 0.1) is 13.7 Å². The molecule has 0 saturated heterocycles. The molecule has 2 aromatic carbocycles. The third-order valence-electron chi connectivity index (χ3n) is 5.28. The van der Waals surface area contributed by atoms with E-state index < -0.39 is 11.9 Å². The highest BCUT2D eigenvalue weighted by Gasteiger charge is 2.40. The second-order valence-corrected chi connectivity index (χ2v) is 6.90. The van der Waals surface area contributed by atoms with E-state index in [0.717, 1.165) is 23.1 Å². The number of allylic oxidation sites excluding steroid dienone is 2. The highest BCUT2D eigenvalue weighted by atomic mass is 16.5. The Labute approximate surface area is 166 Å². The fourth-order valence-electron chi connectivity index (χ4n) is 3.80. The van der Waals surface area contributed by atoms with Gasteiger partial charge in [0.15, 0.2) is 5.78 Å². The Bertz CT molecular complexity index is 880. The Morgan fingerprint density at radius 1 is 1.07 bits per heavy atom. The first-order valence-corrected chi connectivity index (χ1v) is 9.72. The van der Waals surface area contributed by atoms with Crippen LogP contribution in [0.2, 0.25) is 0 Å². The van der Waals surface area contributed by atoms with Gasteiger partial charge >= 0.3 is 5.97 Å². The second kappa shape index (κ2) is 8.87. The molecule has 0 unspecified atom stereocenters. The molecule has 0 fully saturated rings. The highest BCUT2D eigenvalue weighted by Crippen LogP contribution is 2.43. The van der Waals surface area contributed by atoms with Crippen LogP contribution in [-0.4, -0.2) is 25.5 Å². The molecule has 4 heteroatoms. The summed E-state index contributed by atoms with van der Waals surface area (Å²) in [6.07, 6.45) is 3.14. The summed E-state index contributed by atoms with van der Waals surface area (Å²) in [6.45, 7) is 4.11. The SMILES string of the molecule is CCOC(=O)[C@@H]1C(=O)C=C(c2ccc(CC)cc2)C[C@H]1c1ccccc1OC. The van der Waals surface area contributed by atoms with Crippen molar-refractivity contribution in [3.63, 3.8) is 0 Å². The molecule has 4 nitrogen and oxygen atoms in total. The summed E-state index contributed by atoms with van der Waals surface area (Å²) in [5.41, 5.74) is 4.04. The number of rotatable bonds is 6. The van der Waals surface area contributed by atoms with Gasteiger partial charge in [0.2, 0.25) is 0 Å². The maximum Gasteiger partial charge on any atom is 0.317 e. The molecular formula is C24H26O4. The average Bonchev–Trinajstić information content (AvgIpc) is 2.73. The molecule has 0 aliphatic heterocycles. The van der Waals surface area contributed by atoms with Crippen molar-refractivity contribution in [3.05, 3.63) is 71.3 Å². The number of carbonyl (C=O) groups is 2. The van der Waals surface area contributed by atoms with Gasteiger partial charge in [0, 0.05) is 5.92 Å². The van der Waals surface area contributed by atoms with Crippen LogP contribution >= 0.6 is 0 Å². The van der Waals surface area contributed by atoms with Crippen molar-refractivity contribution in [2.75, 3.05) is 13.7 Å². The van der Waals surface area contributed by atoms with Gasteiger partial charge in [-0.2, -0.15) is 0 Å². The van der Waals surface area contributed by atoms with Gasteiger partial charge in [-0.1, -0.05) is 49.4 Å². The summed E-state index contributed by atoms with van der Waals surface area (Å²) >= 11 is 0. The van der Waals surface area contributed by atoms with Crippen LogP contribution in [0.1, 0.15) is 42.9 Å². The Hall–Kier alpha value is -2.88. The molecule has 2 atom stereocenters. The first kappa shape index (κ1) is 19.9. The number of esters is 1. The number of ether oxygens (including phenoxy) is 2. The lowest BCUT2D eigenvalue weighted by atomic mass is 9.73. The summed E-state index contributed by atoms with van der Waals surface area (Å²) in [5.74, 6) is -1.18. The van der Waals surface area contributed by atoms with E-state index in [1.165, 1.54) is 5.56 Å². The minimum Gasteiger partial charge on any atom is -0.496 e. The molecule has 1 aliphatic carbocycles. The quantitative estimate of drug-likeness (QED) is 0.545. The van der Waals surface area contributed by atoms with Crippen LogP contribution in [0.4, 0.5) is 0 Å². The van der Waals surface area contributed by atoms with Crippen LogP contribution in [0.5, 0.6) is 5.75 Å². The maximum atomic E-state index is 13.0. The van der Waals surface area contributed by atoms with Crippen molar-refractivity contribution in [1.82, 2.24) is 0 Å². The third-order valence-corrected chi connectivity index (χ3v) is 5.28. The summed E-state index contributed by atoms with van der Waals surface area (Å²) in [7, 11) is 1.60. The molecule has 28 heavy (non-hydrogen) atoms. The standard InChI is InChI=1S/C24H26O4/c1-4-16-10-12-17(13-11-16)18-14-20(19-8-6-7-9-22(19)27-3)23(21(25)15-18)24(26)28-5-2/h6-13,15,20,23H,4-5,14H2,1-3H3/t20-,23-/m0/s1. The predicted molar refractivity (Wildman–Crippen MR) is 109 cm³/mol. The van der Waals surface area contributed by atoms with E-state index in [-0.39, 0.29) is 18.3 Å². The highest BCUT2D eigenvalue weighted by molar-refractivity contribution is 6.10. The average molecular weight is 378 g/mol. The monoisotopic (exact) mass is 378 g/mol. The van der Waals surface area contributed by atoms with E-state index in [1.807, 2.05) is 36.4 Å². The van der Waals surface area contributed by atoms with Crippen molar-refractivity contribution < 1.29 is 19.1 Å². The van der Waals surface area contributed by atoms with E-state index in [0.29, 0.717) is 12.2 Å². The lowest BCUT2D eigenvalue weighted by molar-refractivity contribution is -0.151. The largest absolute Gasteiger partial charge is 0.496 e. The van der Waals surface area contributed by atoms with Gasteiger partial charge in [-0.25, -0.2) is 0 Å². The Kier molecular flexibility index (Phi) is 6.30. The molecule has 0 aromatic heterocycles. The number of carbonyl (C=O) groups excluding carboxylic acids is 2. The second-order valence-electron chi connectivity index (χ2n) is 6.90. The van der Waals surface area contributed by atoms with Crippen molar-refractivity contribution in [1.29, 1.82) is 0 Å². The number of hydrogen-bond donors (Lipinski definition) is 0. The van der Waals surface area contributed by atoms with Gasteiger partial charge in [-0.05, 0) is 54.2 Å². The lowest BCUT2D eigenvalue weighted by Gasteiger charge is -2.30. The molecular weight excluding hydrogens is 352 g/mol. The molecule has 0 heterocycles. The van der Waals surface area contributed by atoms with Crippen LogP contribution < -0.4 is 4.74 Å². The molecule has 2 aromatic rings. The van der Waals surface area contributed by atoms with Crippen molar-refractivity contribution >= 4 is 17.3 Å². The summed E-state index contributed by atoms with van der Waals surface area (Å²) in [4.78, 5) is 25.6. The summed E-state index contributed by atoms with van der Waals surface area (Å²) in [5, 5.41) is 0. The smallest absolute Gasteiger partial charge is 0.317 e. The topological polar surface area (TPSA) is 52.6 Å². The number of para-hydroxylation sites is 1. The van der Waals surface area contributed by atoms with Crippen LogP contribution in [0.25, 0.3) is 5.57 Å². The molecule has 0 radical (unpaired) electrons. The van der Waals surface area contributed by atoms with E-state index in [2.05, 4.69) is 19.1 Å². The molecule has 0 amide bonds. The number of hydrogen-bond acceptors (Lipinski definition) is 4. The fraction of sp³-hybridized carbons (Fsp3) is 0.333. The third kappa shape index (κ3) is 4.01. The summed E-state index contributed by atoms with van der Waals surface area (Å²) < 4.78 is 10.7. The van der Waals surface area contributed by atoms with Crippen molar-refractivity contribution in [3.8, 4) is 5.75 Å². The normalized spacial score (nSPS) is 19.1. The van der Waals surface area contributed by atoms with Crippen molar-refractivity contribution in [2.45, 2.75) is 32.6 Å². The van der Waals surface area contributed by atoms with Gasteiger partial charge in [0.1, 0.15) is 11.7 Å². The molecule has 0 saturated carbocycles. The van der Waals surface area contributed by atoms with Crippen LogP contribution in [0, 0.1) is 5.92 Å². The fourth-order valence-corrected chi connectivity index (χ4v) is 3.80. The Morgan fingerprint density at radius 2 is 1.79 bits per heavy atom. The van der Waals surface area contributed by atoms with Gasteiger partial charge in [-0.15, -0.1) is 0 Å². The molecule has 0 spiro atoms. The zero-order valence-corrected chi connectivity index (χ0v) is 16.6. The van der Waals surface area contributed by atoms with Gasteiger partial charge in [0.25, 0.3) is 0 Å². The first-order chi connectivity index (χ1) is 13.6. The van der Waals surface area contributed by atoms with E-state index >= 15 is 0 Å². The van der Waals surface area contributed by atoms with E-state index in [4.69, 9.17) is 9.47 Å². The Morgan fingerprint density at radius 3 is 2.43 bits per heavy atom.